The van der Waals surface area contributed by atoms with Gasteiger partial charge in [0.15, 0.2) is 0 Å². The zero-order valence-electron chi connectivity index (χ0n) is 14.0. The van der Waals surface area contributed by atoms with Crippen molar-refractivity contribution in [2.75, 3.05) is 6.61 Å². The van der Waals surface area contributed by atoms with Crippen LogP contribution in [0.2, 0.25) is 0 Å². The fraction of sp³-hybridized carbons (Fsp3) is 0.667. The molecule has 1 aromatic carbocycles. The van der Waals surface area contributed by atoms with Crippen LogP contribution in [0.15, 0.2) is 24.3 Å². The van der Waals surface area contributed by atoms with E-state index < -0.39 is 0 Å². The van der Waals surface area contributed by atoms with Gasteiger partial charge in [0.25, 0.3) is 0 Å². The van der Waals surface area contributed by atoms with Gasteiger partial charge in [0.1, 0.15) is 5.75 Å². The molecule has 0 aliphatic heterocycles. The second-order valence-electron chi connectivity index (χ2n) is 7.14. The van der Waals surface area contributed by atoms with Crippen LogP contribution in [-0.2, 0) is 6.54 Å². The third-order valence-electron chi connectivity index (χ3n) is 3.80. The van der Waals surface area contributed by atoms with E-state index in [1.54, 1.807) is 0 Å². The van der Waals surface area contributed by atoms with Gasteiger partial charge in [-0.05, 0) is 42.4 Å². The lowest BCUT2D eigenvalue weighted by molar-refractivity contribution is 0.284. The van der Waals surface area contributed by atoms with Crippen LogP contribution in [0.25, 0.3) is 0 Å². The molecule has 0 bridgehead atoms. The Morgan fingerprint density at radius 3 is 2.15 bits per heavy atom. The maximum atomic E-state index is 5.73. The first-order valence-electron chi connectivity index (χ1n) is 7.74. The fourth-order valence-corrected chi connectivity index (χ4v) is 1.69. The van der Waals surface area contributed by atoms with Gasteiger partial charge in [-0.1, -0.05) is 46.8 Å². The van der Waals surface area contributed by atoms with Gasteiger partial charge in [0.2, 0.25) is 0 Å². The minimum absolute atomic E-state index is 0.292. The van der Waals surface area contributed by atoms with Crippen molar-refractivity contribution in [2.24, 2.45) is 11.3 Å². The summed E-state index contributed by atoms with van der Waals surface area (Å²) in [6, 6.07) is 8.92. The van der Waals surface area contributed by atoms with Crippen LogP contribution >= 0.6 is 0 Å². The Morgan fingerprint density at radius 2 is 1.65 bits per heavy atom. The molecule has 1 aromatic rings. The van der Waals surface area contributed by atoms with E-state index in [0.717, 1.165) is 25.3 Å². The minimum Gasteiger partial charge on any atom is -0.494 e. The van der Waals surface area contributed by atoms with Crippen molar-refractivity contribution in [1.29, 1.82) is 0 Å². The Hall–Kier alpha value is -1.02. The molecule has 0 amide bonds. The molecule has 0 aliphatic rings. The van der Waals surface area contributed by atoms with Crippen LogP contribution in [0.5, 0.6) is 5.75 Å². The Labute approximate surface area is 124 Å². The summed E-state index contributed by atoms with van der Waals surface area (Å²) in [5.74, 6) is 1.66. The number of hydrogen-bond acceptors (Lipinski definition) is 2. The van der Waals surface area contributed by atoms with Crippen molar-refractivity contribution >= 4 is 0 Å². The average Bonchev–Trinajstić information content (AvgIpc) is 2.36. The summed E-state index contributed by atoms with van der Waals surface area (Å²) < 4.78 is 5.73. The molecule has 1 atom stereocenters. The standard InChI is InChI=1S/C18H31NO/c1-14(2)11-12-20-17-9-7-16(8-10-17)13-19-15(3)18(4,5)6/h7-10,14-15,19H,11-13H2,1-6H3. The molecule has 1 rings (SSSR count). The summed E-state index contributed by atoms with van der Waals surface area (Å²) in [7, 11) is 0. The van der Waals surface area contributed by atoms with E-state index in [2.05, 4.69) is 71.1 Å². The Kier molecular flexibility index (Phi) is 6.54. The number of hydrogen-bond donors (Lipinski definition) is 1. The van der Waals surface area contributed by atoms with Gasteiger partial charge in [0, 0.05) is 12.6 Å². The second-order valence-corrected chi connectivity index (χ2v) is 7.14. The van der Waals surface area contributed by atoms with Crippen LogP contribution in [-0.4, -0.2) is 12.6 Å². The summed E-state index contributed by atoms with van der Waals surface area (Å²) in [6.07, 6.45) is 1.10. The largest absolute Gasteiger partial charge is 0.494 e. The monoisotopic (exact) mass is 277 g/mol. The smallest absolute Gasteiger partial charge is 0.119 e. The Bertz CT molecular complexity index is 375. The molecule has 0 heterocycles. The lowest BCUT2D eigenvalue weighted by atomic mass is 9.88. The Morgan fingerprint density at radius 1 is 1.05 bits per heavy atom. The van der Waals surface area contributed by atoms with Gasteiger partial charge in [-0.25, -0.2) is 0 Å². The van der Waals surface area contributed by atoms with Crippen molar-refractivity contribution in [3.63, 3.8) is 0 Å². The Balaban J connectivity index is 2.39. The predicted octanol–water partition coefficient (Wildman–Crippen LogP) is 4.64. The summed E-state index contributed by atoms with van der Waals surface area (Å²) in [5, 5.41) is 3.58. The molecule has 2 heteroatoms. The number of nitrogens with one attached hydrogen (secondary N) is 1. The van der Waals surface area contributed by atoms with E-state index in [1.807, 2.05) is 0 Å². The van der Waals surface area contributed by atoms with Crippen LogP contribution in [0.1, 0.15) is 53.5 Å². The van der Waals surface area contributed by atoms with Gasteiger partial charge >= 0.3 is 0 Å². The summed E-state index contributed by atoms with van der Waals surface area (Å²) >= 11 is 0. The molecule has 0 spiro atoms. The number of ether oxygens (including phenoxy) is 1. The number of rotatable bonds is 7. The molecule has 0 radical (unpaired) electrons. The first-order valence-corrected chi connectivity index (χ1v) is 7.74. The topological polar surface area (TPSA) is 21.3 Å². The van der Waals surface area contributed by atoms with Crippen LogP contribution < -0.4 is 10.1 Å². The minimum atomic E-state index is 0.292. The normalized spacial score (nSPS) is 13.6. The van der Waals surface area contributed by atoms with Crippen molar-refractivity contribution in [3.05, 3.63) is 29.8 Å². The molecule has 114 valence electrons. The molecule has 0 fully saturated rings. The van der Waals surface area contributed by atoms with Crippen molar-refractivity contribution in [1.82, 2.24) is 5.32 Å². The molecule has 0 saturated heterocycles. The molecule has 0 saturated carbocycles. The number of benzene rings is 1. The summed E-state index contributed by atoms with van der Waals surface area (Å²) in [6.45, 7) is 15.2. The van der Waals surface area contributed by atoms with E-state index in [4.69, 9.17) is 4.74 Å². The molecular formula is C18H31NO. The maximum Gasteiger partial charge on any atom is 0.119 e. The molecular weight excluding hydrogens is 246 g/mol. The third kappa shape index (κ3) is 6.42. The molecule has 1 unspecified atom stereocenters. The lowest BCUT2D eigenvalue weighted by Crippen LogP contribution is -2.37. The average molecular weight is 277 g/mol. The van der Waals surface area contributed by atoms with Crippen molar-refractivity contribution in [2.45, 2.75) is 60.5 Å². The third-order valence-corrected chi connectivity index (χ3v) is 3.80. The molecule has 1 N–H and O–H groups in total. The van der Waals surface area contributed by atoms with E-state index >= 15 is 0 Å². The van der Waals surface area contributed by atoms with E-state index in [1.165, 1.54) is 5.56 Å². The van der Waals surface area contributed by atoms with Crippen molar-refractivity contribution in [3.8, 4) is 5.75 Å². The van der Waals surface area contributed by atoms with Gasteiger partial charge in [-0.2, -0.15) is 0 Å². The van der Waals surface area contributed by atoms with Gasteiger partial charge in [-0.3, -0.25) is 0 Å². The first-order chi connectivity index (χ1) is 9.29. The van der Waals surface area contributed by atoms with E-state index in [-0.39, 0.29) is 0 Å². The fourth-order valence-electron chi connectivity index (χ4n) is 1.69. The van der Waals surface area contributed by atoms with Gasteiger partial charge in [0.05, 0.1) is 6.61 Å². The molecule has 0 aromatic heterocycles. The zero-order chi connectivity index (χ0) is 15.2. The highest BCUT2D eigenvalue weighted by molar-refractivity contribution is 5.27. The highest BCUT2D eigenvalue weighted by Crippen LogP contribution is 2.19. The van der Waals surface area contributed by atoms with Crippen LogP contribution in [0.4, 0.5) is 0 Å². The quantitative estimate of drug-likeness (QED) is 0.784. The van der Waals surface area contributed by atoms with Gasteiger partial charge < -0.3 is 10.1 Å². The maximum absolute atomic E-state index is 5.73. The summed E-state index contributed by atoms with van der Waals surface area (Å²) in [4.78, 5) is 0. The van der Waals surface area contributed by atoms with E-state index in [0.29, 0.717) is 17.4 Å². The van der Waals surface area contributed by atoms with Crippen LogP contribution in [0, 0.1) is 11.3 Å². The molecule has 20 heavy (non-hydrogen) atoms. The second kappa shape index (κ2) is 7.68. The predicted molar refractivity (Wildman–Crippen MR) is 87.1 cm³/mol. The highest BCUT2D eigenvalue weighted by Gasteiger charge is 2.18. The molecule has 0 aliphatic carbocycles. The SMILES string of the molecule is CC(C)CCOc1ccc(CNC(C)C(C)(C)C)cc1. The van der Waals surface area contributed by atoms with E-state index in [9.17, 15) is 0 Å². The van der Waals surface area contributed by atoms with Crippen LogP contribution in [0.3, 0.4) is 0 Å². The zero-order valence-corrected chi connectivity index (χ0v) is 14.0. The lowest BCUT2D eigenvalue weighted by Gasteiger charge is -2.28. The van der Waals surface area contributed by atoms with Gasteiger partial charge in [-0.15, -0.1) is 0 Å². The highest BCUT2D eigenvalue weighted by atomic mass is 16.5. The van der Waals surface area contributed by atoms with Crippen molar-refractivity contribution < 1.29 is 4.74 Å². The first kappa shape index (κ1) is 17.0. The summed E-state index contributed by atoms with van der Waals surface area (Å²) in [5.41, 5.74) is 1.59. The molecule has 2 nitrogen and oxygen atoms in total.